The molecule has 166 valence electrons. The van der Waals surface area contributed by atoms with E-state index in [-0.39, 0.29) is 0 Å². The van der Waals surface area contributed by atoms with Gasteiger partial charge in [-0.1, -0.05) is 55.1 Å². The maximum absolute atomic E-state index is 4.91. The molecule has 4 heteroatoms. The summed E-state index contributed by atoms with van der Waals surface area (Å²) < 4.78 is 4.53. The van der Waals surface area contributed by atoms with Crippen molar-refractivity contribution in [2.75, 3.05) is 0 Å². The number of hydrogen-bond acceptors (Lipinski definition) is 2. The standard InChI is InChI=1S/C29H30N4/c1-5-24-25-17-10-11-18-26(25)33(29(24)30-6-2)23-16-12-15-22(19-23)28-27(31-20(3)32(28)4)21-13-8-7-9-14-21/h5-9,12-16,19H,1,10-11,17-18H2,2-4H3/b30-6-. The highest BCUT2D eigenvalue weighted by molar-refractivity contribution is 5.81. The van der Waals surface area contributed by atoms with Gasteiger partial charge in [-0.25, -0.2) is 9.98 Å². The number of benzene rings is 2. The predicted octanol–water partition coefficient (Wildman–Crippen LogP) is 7.10. The molecule has 1 aliphatic rings. The molecule has 2 aromatic carbocycles. The van der Waals surface area contributed by atoms with E-state index >= 15 is 0 Å². The van der Waals surface area contributed by atoms with Gasteiger partial charge in [-0.05, 0) is 57.2 Å². The summed E-state index contributed by atoms with van der Waals surface area (Å²) in [6.07, 6.45) is 8.45. The Labute approximate surface area is 196 Å². The fourth-order valence-corrected chi connectivity index (χ4v) is 5.08. The van der Waals surface area contributed by atoms with Gasteiger partial charge in [0.25, 0.3) is 0 Å². The zero-order valence-electron chi connectivity index (χ0n) is 19.7. The van der Waals surface area contributed by atoms with Crippen LogP contribution in [0.1, 0.15) is 42.4 Å². The van der Waals surface area contributed by atoms with Crippen molar-refractivity contribution in [1.29, 1.82) is 0 Å². The van der Waals surface area contributed by atoms with Crippen molar-refractivity contribution in [2.24, 2.45) is 12.0 Å². The van der Waals surface area contributed by atoms with E-state index in [0.717, 1.165) is 52.7 Å². The van der Waals surface area contributed by atoms with E-state index in [0.29, 0.717) is 0 Å². The van der Waals surface area contributed by atoms with E-state index in [1.165, 1.54) is 29.7 Å². The number of aliphatic imine (C=N–C) groups is 1. The Balaban J connectivity index is 1.73. The third kappa shape index (κ3) is 3.56. The Morgan fingerprint density at radius 3 is 2.52 bits per heavy atom. The molecule has 5 rings (SSSR count). The normalized spacial score (nSPS) is 13.4. The van der Waals surface area contributed by atoms with Crippen molar-refractivity contribution in [2.45, 2.75) is 39.5 Å². The van der Waals surface area contributed by atoms with Crippen molar-refractivity contribution < 1.29 is 0 Å². The first-order chi connectivity index (χ1) is 16.1. The molecule has 0 spiro atoms. The lowest BCUT2D eigenvalue weighted by Crippen LogP contribution is -2.07. The number of aromatic nitrogens is 3. The molecular weight excluding hydrogens is 404 g/mol. The molecule has 0 unspecified atom stereocenters. The molecule has 0 amide bonds. The first-order valence-corrected chi connectivity index (χ1v) is 11.7. The Kier molecular flexibility index (Phi) is 5.59. The zero-order chi connectivity index (χ0) is 22.9. The average Bonchev–Trinajstić information content (AvgIpc) is 3.33. The van der Waals surface area contributed by atoms with Gasteiger partial charge < -0.3 is 4.57 Å². The summed E-state index contributed by atoms with van der Waals surface area (Å²) in [5, 5.41) is 0. The highest BCUT2D eigenvalue weighted by Crippen LogP contribution is 2.39. The predicted molar refractivity (Wildman–Crippen MR) is 139 cm³/mol. The third-order valence-electron chi connectivity index (χ3n) is 6.69. The van der Waals surface area contributed by atoms with Crippen LogP contribution in [-0.4, -0.2) is 20.3 Å². The number of aryl methyl sites for hydroxylation is 1. The van der Waals surface area contributed by atoms with Crippen LogP contribution in [0.2, 0.25) is 0 Å². The largest absolute Gasteiger partial charge is 0.331 e. The summed E-state index contributed by atoms with van der Waals surface area (Å²) in [6.45, 7) is 8.15. The molecule has 0 saturated carbocycles. The molecule has 2 heterocycles. The van der Waals surface area contributed by atoms with Crippen molar-refractivity contribution in [3.63, 3.8) is 0 Å². The van der Waals surface area contributed by atoms with E-state index in [9.17, 15) is 0 Å². The maximum Gasteiger partial charge on any atom is 0.144 e. The van der Waals surface area contributed by atoms with Crippen LogP contribution in [0.3, 0.4) is 0 Å². The lowest BCUT2D eigenvalue weighted by molar-refractivity contribution is 0.663. The van der Waals surface area contributed by atoms with Crippen LogP contribution in [0.15, 0.2) is 66.2 Å². The van der Waals surface area contributed by atoms with Gasteiger partial charge in [0.2, 0.25) is 0 Å². The molecular formula is C29H30N4. The lowest BCUT2D eigenvalue weighted by Gasteiger charge is -2.17. The van der Waals surface area contributed by atoms with Crippen LogP contribution in [0, 0.1) is 6.92 Å². The van der Waals surface area contributed by atoms with Gasteiger partial charge in [0.15, 0.2) is 0 Å². The highest BCUT2D eigenvalue weighted by Gasteiger charge is 2.24. The Morgan fingerprint density at radius 2 is 1.76 bits per heavy atom. The molecule has 4 aromatic rings. The maximum atomic E-state index is 4.91. The SMILES string of the molecule is C=Cc1c2c(n(-c3cccc(-c4c(-c5ccccc5)nc(C)n4C)c3)c1/N=C\C)CCCC2. The van der Waals surface area contributed by atoms with E-state index in [1.807, 2.05) is 25.3 Å². The summed E-state index contributed by atoms with van der Waals surface area (Å²) in [4.78, 5) is 9.71. The van der Waals surface area contributed by atoms with Gasteiger partial charge in [0, 0.05) is 41.3 Å². The van der Waals surface area contributed by atoms with Gasteiger partial charge in [-0.15, -0.1) is 0 Å². The minimum absolute atomic E-state index is 0.987. The van der Waals surface area contributed by atoms with Crippen LogP contribution in [0.4, 0.5) is 5.82 Å². The van der Waals surface area contributed by atoms with Crippen molar-refractivity contribution in [1.82, 2.24) is 14.1 Å². The van der Waals surface area contributed by atoms with Gasteiger partial charge in [-0.3, -0.25) is 4.57 Å². The summed E-state index contributed by atoms with van der Waals surface area (Å²) in [5.74, 6) is 1.99. The van der Waals surface area contributed by atoms with Gasteiger partial charge in [0.1, 0.15) is 11.6 Å². The van der Waals surface area contributed by atoms with Crippen molar-refractivity contribution in [3.8, 4) is 28.2 Å². The summed E-state index contributed by atoms with van der Waals surface area (Å²) in [7, 11) is 2.09. The molecule has 0 saturated heterocycles. The number of rotatable bonds is 5. The minimum Gasteiger partial charge on any atom is -0.331 e. The fraction of sp³-hybridized carbons (Fsp3) is 0.241. The van der Waals surface area contributed by atoms with Crippen LogP contribution in [0.5, 0.6) is 0 Å². The molecule has 0 bridgehead atoms. The molecule has 2 aromatic heterocycles. The average molecular weight is 435 g/mol. The van der Waals surface area contributed by atoms with Gasteiger partial charge >= 0.3 is 0 Å². The molecule has 1 aliphatic carbocycles. The second-order valence-electron chi connectivity index (χ2n) is 8.63. The number of hydrogen-bond donors (Lipinski definition) is 0. The van der Waals surface area contributed by atoms with Crippen LogP contribution in [-0.2, 0) is 19.9 Å². The monoisotopic (exact) mass is 434 g/mol. The zero-order valence-corrected chi connectivity index (χ0v) is 19.7. The summed E-state index contributed by atoms with van der Waals surface area (Å²) in [6, 6.07) is 19.2. The van der Waals surface area contributed by atoms with Crippen molar-refractivity contribution >= 4 is 18.1 Å². The summed E-state index contributed by atoms with van der Waals surface area (Å²) >= 11 is 0. The topological polar surface area (TPSA) is 35.1 Å². The van der Waals surface area contributed by atoms with E-state index in [2.05, 4.69) is 78.2 Å². The Hall–Kier alpha value is -3.66. The summed E-state index contributed by atoms with van der Waals surface area (Å²) in [5.41, 5.74) is 9.52. The van der Waals surface area contributed by atoms with Crippen LogP contribution < -0.4 is 0 Å². The lowest BCUT2D eigenvalue weighted by atomic mass is 9.95. The number of imidazole rings is 1. The van der Waals surface area contributed by atoms with E-state index < -0.39 is 0 Å². The Morgan fingerprint density at radius 1 is 1.00 bits per heavy atom. The van der Waals surface area contributed by atoms with Crippen LogP contribution in [0.25, 0.3) is 34.3 Å². The highest BCUT2D eigenvalue weighted by atomic mass is 15.1. The van der Waals surface area contributed by atoms with E-state index in [1.54, 1.807) is 0 Å². The second kappa shape index (κ2) is 8.70. The molecule has 0 fully saturated rings. The first-order valence-electron chi connectivity index (χ1n) is 11.7. The quantitative estimate of drug-likeness (QED) is 0.309. The molecule has 0 radical (unpaired) electrons. The van der Waals surface area contributed by atoms with Gasteiger partial charge in [-0.2, -0.15) is 0 Å². The third-order valence-corrected chi connectivity index (χ3v) is 6.69. The number of nitrogens with zero attached hydrogens (tertiary/aromatic N) is 4. The molecule has 0 atom stereocenters. The second-order valence-corrected chi connectivity index (χ2v) is 8.63. The molecule has 4 nitrogen and oxygen atoms in total. The number of fused-ring (bicyclic) bond motifs is 1. The smallest absolute Gasteiger partial charge is 0.144 e. The van der Waals surface area contributed by atoms with Gasteiger partial charge in [0.05, 0.1) is 11.4 Å². The van der Waals surface area contributed by atoms with Crippen LogP contribution >= 0.6 is 0 Å². The molecule has 33 heavy (non-hydrogen) atoms. The van der Waals surface area contributed by atoms with Crippen molar-refractivity contribution in [3.05, 3.63) is 83.8 Å². The Bertz CT molecular complexity index is 1350. The first kappa shape index (κ1) is 21.2. The minimum atomic E-state index is 0.987. The molecule has 0 N–H and O–H groups in total. The molecule has 0 aliphatic heterocycles. The fourth-order valence-electron chi connectivity index (χ4n) is 5.08. The van der Waals surface area contributed by atoms with E-state index in [4.69, 9.17) is 9.98 Å².